The van der Waals surface area contributed by atoms with E-state index < -0.39 is 12.1 Å². The van der Waals surface area contributed by atoms with Crippen LogP contribution in [0.25, 0.3) is 0 Å². The average molecular weight is 237 g/mol. The SMILES string of the molecule is O=C(O)C(O)c1cc(O)c(Cl)cc1Cl. The van der Waals surface area contributed by atoms with Crippen molar-refractivity contribution in [1.82, 2.24) is 0 Å². The fraction of sp³-hybridized carbons (Fsp3) is 0.125. The Labute approximate surface area is 89.3 Å². The van der Waals surface area contributed by atoms with Gasteiger partial charge in [0, 0.05) is 10.6 Å². The van der Waals surface area contributed by atoms with Crippen LogP contribution in [-0.4, -0.2) is 21.3 Å². The van der Waals surface area contributed by atoms with Gasteiger partial charge in [-0.3, -0.25) is 0 Å². The predicted molar refractivity (Wildman–Crippen MR) is 50.7 cm³/mol. The number of hydrogen-bond acceptors (Lipinski definition) is 3. The Hall–Kier alpha value is -0.970. The van der Waals surface area contributed by atoms with Crippen LogP contribution in [0.2, 0.25) is 10.0 Å². The fourth-order valence-corrected chi connectivity index (χ4v) is 1.38. The molecule has 76 valence electrons. The maximum absolute atomic E-state index is 10.4. The first-order valence-corrected chi connectivity index (χ1v) is 4.28. The van der Waals surface area contributed by atoms with E-state index in [0.717, 1.165) is 6.07 Å². The van der Waals surface area contributed by atoms with Gasteiger partial charge in [-0.2, -0.15) is 0 Å². The Morgan fingerprint density at radius 2 is 1.86 bits per heavy atom. The first-order valence-electron chi connectivity index (χ1n) is 3.52. The molecule has 1 aromatic carbocycles. The Bertz CT molecular complexity index is 378. The van der Waals surface area contributed by atoms with Crippen LogP contribution in [0.4, 0.5) is 0 Å². The Morgan fingerprint density at radius 1 is 1.29 bits per heavy atom. The summed E-state index contributed by atoms with van der Waals surface area (Å²) in [4.78, 5) is 10.4. The summed E-state index contributed by atoms with van der Waals surface area (Å²) in [6.45, 7) is 0. The van der Waals surface area contributed by atoms with Crippen LogP contribution in [0.3, 0.4) is 0 Å². The minimum Gasteiger partial charge on any atom is -0.506 e. The first kappa shape index (κ1) is 11.1. The average Bonchev–Trinajstić information content (AvgIpc) is 2.10. The number of aliphatic carboxylic acids is 1. The molecule has 0 aliphatic rings. The molecule has 0 radical (unpaired) electrons. The van der Waals surface area contributed by atoms with Gasteiger partial charge in [0.15, 0.2) is 6.10 Å². The Kier molecular flexibility index (Phi) is 3.21. The quantitative estimate of drug-likeness (QED) is 0.732. The maximum Gasteiger partial charge on any atom is 0.337 e. The van der Waals surface area contributed by atoms with Gasteiger partial charge in [0.25, 0.3) is 0 Å². The molecule has 1 unspecified atom stereocenters. The number of halogens is 2. The van der Waals surface area contributed by atoms with E-state index in [0.29, 0.717) is 0 Å². The number of carboxylic acid groups (broad SMARTS) is 1. The van der Waals surface area contributed by atoms with E-state index in [4.69, 9.17) is 38.5 Å². The van der Waals surface area contributed by atoms with Crippen molar-refractivity contribution in [3.05, 3.63) is 27.7 Å². The van der Waals surface area contributed by atoms with Crippen molar-refractivity contribution in [2.75, 3.05) is 0 Å². The highest BCUT2D eigenvalue weighted by molar-refractivity contribution is 6.36. The monoisotopic (exact) mass is 236 g/mol. The lowest BCUT2D eigenvalue weighted by atomic mass is 10.1. The van der Waals surface area contributed by atoms with E-state index in [1.165, 1.54) is 6.07 Å². The highest BCUT2D eigenvalue weighted by Crippen LogP contribution is 2.33. The summed E-state index contributed by atoms with van der Waals surface area (Å²) in [6.07, 6.45) is -1.77. The highest BCUT2D eigenvalue weighted by Gasteiger charge is 2.20. The summed E-state index contributed by atoms with van der Waals surface area (Å²) < 4.78 is 0. The molecule has 1 rings (SSSR count). The van der Waals surface area contributed by atoms with Gasteiger partial charge in [-0.05, 0) is 12.1 Å². The lowest BCUT2D eigenvalue weighted by Crippen LogP contribution is -2.10. The molecule has 3 N–H and O–H groups in total. The van der Waals surface area contributed by atoms with Crippen molar-refractivity contribution < 1.29 is 20.1 Å². The third-order valence-electron chi connectivity index (χ3n) is 1.59. The minimum absolute atomic E-state index is 0.00339. The molecule has 0 aromatic heterocycles. The smallest absolute Gasteiger partial charge is 0.337 e. The molecule has 0 heterocycles. The third-order valence-corrected chi connectivity index (χ3v) is 2.22. The fourth-order valence-electron chi connectivity index (χ4n) is 0.896. The standard InChI is InChI=1S/C8H6Cl2O4/c9-4-2-5(10)6(11)1-3(4)7(12)8(13)14/h1-2,7,11-12H,(H,13,14). The zero-order valence-electron chi connectivity index (χ0n) is 6.74. The highest BCUT2D eigenvalue weighted by atomic mass is 35.5. The lowest BCUT2D eigenvalue weighted by Gasteiger charge is -2.09. The van der Waals surface area contributed by atoms with Crippen LogP contribution in [-0.2, 0) is 4.79 Å². The molecular formula is C8H6Cl2O4. The molecule has 14 heavy (non-hydrogen) atoms. The summed E-state index contributed by atoms with van der Waals surface area (Å²) in [5.41, 5.74) is -0.0962. The molecule has 6 heteroatoms. The van der Waals surface area contributed by atoms with E-state index in [1.807, 2.05) is 0 Å². The van der Waals surface area contributed by atoms with E-state index in [1.54, 1.807) is 0 Å². The summed E-state index contributed by atoms with van der Waals surface area (Å²) in [5, 5.41) is 26.8. The molecular weight excluding hydrogens is 231 g/mol. The van der Waals surface area contributed by atoms with Crippen molar-refractivity contribution in [1.29, 1.82) is 0 Å². The van der Waals surface area contributed by atoms with Gasteiger partial charge in [-0.15, -0.1) is 0 Å². The van der Waals surface area contributed by atoms with Crippen molar-refractivity contribution in [2.24, 2.45) is 0 Å². The van der Waals surface area contributed by atoms with Gasteiger partial charge in [-0.25, -0.2) is 4.79 Å². The summed E-state index contributed by atoms with van der Waals surface area (Å²) in [5.74, 6) is -1.78. The molecule has 0 spiro atoms. The molecule has 4 nitrogen and oxygen atoms in total. The summed E-state index contributed by atoms with van der Waals surface area (Å²) >= 11 is 11.1. The molecule has 1 aromatic rings. The molecule has 0 saturated heterocycles. The van der Waals surface area contributed by atoms with Crippen molar-refractivity contribution in [3.63, 3.8) is 0 Å². The minimum atomic E-state index is -1.77. The second-order valence-corrected chi connectivity index (χ2v) is 3.38. The number of phenols is 1. The topological polar surface area (TPSA) is 77.8 Å². The Morgan fingerprint density at radius 3 is 2.36 bits per heavy atom. The van der Waals surface area contributed by atoms with Crippen LogP contribution < -0.4 is 0 Å². The maximum atomic E-state index is 10.4. The number of aliphatic hydroxyl groups excluding tert-OH is 1. The van der Waals surface area contributed by atoms with Crippen molar-refractivity contribution in [2.45, 2.75) is 6.10 Å². The van der Waals surface area contributed by atoms with Gasteiger partial charge in [-0.1, -0.05) is 23.2 Å². The van der Waals surface area contributed by atoms with Gasteiger partial charge in [0.05, 0.1) is 5.02 Å². The van der Waals surface area contributed by atoms with Gasteiger partial charge < -0.3 is 15.3 Å². The number of benzene rings is 1. The second-order valence-electron chi connectivity index (χ2n) is 2.57. The molecule has 0 aliphatic carbocycles. The first-order chi connectivity index (χ1) is 6.43. The van der Waals surface area contributed by atoms with Gasteiger partial charge in [0.1, 0.15) is 5.75 Å². The van der Waals surface area contributed by atoms with Crippen LogP contribution in [0.15, 0.2) is 12.1 Å². The predicted octanol–water partition coefficient (Wildman–Crippen LogP) is 1.82. The normalized spacial score (nSPS) is 12.5. The molecule has 0 fully saturated rings. The number of rotatable bonds is 2. The van der Waals surface area contributed by atoms with Crippen LogP contribution in [0, 0.1) is 0 Å². The van der Waals surface area contributed by atoms with Crippen molar-refractivity contribution in [3.8, 4) is 5.75 Å². The van der Waals surface area contributed by atoms with E-state index >= 15 is 0 Å². The largest absolute Gasteiger partial charge is 0.506 e. The second kappa shape index (κ2) is 4.04. The summed E-state index contributed by atoms with van der Waals surface area (Å²) in [6, 6.07) is 2.18. The molecule has 0 saturated carbocycles. The number of aliphatic hydroxyl groups is 1. The number of hydrogen-bond donors (Lipinski definition) is 3. The number of carbonyl (C=O) groups is 1. The van der Waals surface area contributed by atoms with E-state index in [-0.39, 0.29) is 21.4 Å². The van der Waals surface area contributed by atoms with Crippen molar-refractivity contribution >= 4 is 29.2 Å². The van der Waals surface area contributed by atoms with Gasteiger partial charge in [0.2, 0.25) is 0 Å². The molecule has 0 amide bonds. The lowest BCUT2D eigenvalue weighted by molar-refractivity contribution is -0.146. The molecule has 0 bridgehead atoms. The number of aromatic hydroxyl groups is 1. The Balaban J connectivity index is 3.22. The zero-order valence-corrected chi connectivity index (χ0v) is 8.25. The molecule has 0 aliphatic heterocycles. The van der Waals surface area contributed by atoms with Gasteiger partial charge >= 0.3 is 5.97 Å². The third kappa shape index (κ3) is 2.09. The van der Waals surface area contributed by atoms with Crippen LogP contribution >= 0.6 is 23.2 Å². The summed E-state index contributed by atoms with van der Waals surface area (Å²) in [7, 11) is 0. The van der Waals surface area contributed by atoms with Crippen LogP contribution in [0.5, 0.6) is 5.75 Å². The zero-order chi connectivity index (χ0) is 10.9. The van der Waals surface area contributed by atoms with E-state index in [2.05, 4.69) is 0 Å². The van der Waals surface area contributed by atoms with E-state index in [9.17, 15) is 4.79 Å². The number of phenolic OH excluding ortho intramolecular Hbond substituents is 1. The van der Waals surface area contributed by atoms with Crippen LogP contribution in [0.1, 0.15) is 11.7 Å². The molecule has 1 atom stereocenters. The number of carboxylic acids is 1.